The van der Waals surface area contributed by atoms with E-state index in [9.17, 15) is 0 Å². The predicted octanol–water partition coefficient (Wildman–Crippen LogP) is 1.15. The van der Waals surface area contributed by atoms with E-state index in [1.807, 2.05) is 0 Å². The summed E-state index contributed by atoms with van der Waals surface area (Å²) in [5, 5.41) is 0. The van der Waals surface area contributed by atoms with Crippen LogP contribution in [0.3, 0.4) is 0 Å². The molecule has 0 unspecified atom stereocenters. The zero-order chi connectivity index (χ0) is 6.10. The second-order valence-corrected chi connectivity index (χ2v) is 2.96. The maximum Gasteiger partial charge on any atom is 0.0324 e. The van der Waals surface area contributed by atoms with Gasteiger partial charge in [0, 0.05) is 11.4 Å². The molecule has 0 aliphatic carbocycles. The predicted molar refractivity (Wildman–Crippen MR) is 46.3 cm³/mol. The summed E-state index contributed by atoms with van der Waals surface area (Å²) < 4.78 is 3.20. The van der Waals surface area contributed by atoms with Crippen LogP contribution < -0.4 is 4.72 Å². The summed E-state index contributed by atoms with van der Waals surface area (Å²) in [6, 6.07) is 8.44. The van der Waals surface area contributed by atoms with Crippen LogP contribution in [0.5, 0.6) is 0 Å². The molecular formula is C7H8NNaS. The Bertz CT molecular complexity index is 204. The fraction of sp³-hybridized carbons (Fsp3) is 0.143. The molecule has 3 heteroatoms. The number of hydrogen-bond donors (Lipinski definition) is 1. The molecule has 1 nitrogen and oxygen atoms in total. The normalized spacial score (nSPS) is 14.0. The van der Waals surface area contributed by atoms with Crippen LogP contribution in [0.4, 0.5) is 0 Å². The Kier molecular flexibility index (Phi) is 3.27. The first-order valence-corrected chi connectivity index (χ1v) is 3.76. The second-order valence-electron chi connectivity index (χ2n) is 2.03. The van der Waals surface area contributed by atoms with Crippen LogP contribution in [-0.4, -0.2) is 29.6 Å². The van der Waals surface area contributed by atoms with Gasteiger partial charge in [-0.2, -0.15) is 0 Å². The molecule has 1 aliphatic heterocycles. The quantitative estimate of drug-likeness (QED) is 0.452. The Labute approximate surface area is 87.0 Å². The Morgan fingerprint density at radius 1 is 1.30 bits per heavy atom. The van der Waals surface area contributed by atoms with E-state index in [0.29, 0.717) is 0 Å². The van der Waals surface area contributed by atoms with Gasteiger partial charge in [0.05, 0.1) is 0 Å². The van der Waals surface area contributed by atoms with Gasteiger partial charge in [-0.15, -0.1) is 0 Å². The molecule has 0 radical (unpaired) electrons. The van der Waals surface area contributed by atoms with Gasteiger partial charge in [0.15, 0.2) is 0 Å². The minimum atomic E-state index is 0. The zero-order valence-corrected chi connectivity index (χ0v) is 5.74. The van der Waals surface area contributed by atoms with Crippen LogP contribution in [0.15, 0.2) is 29.2 Å². The van der Waals surface area contributed by atoms with Gasteiger partial charge < -0.3 is 0 Å². The van der Waals surface area contributed by atoms with Crippen molar-refractivity contribution in [3.05, 3.63) is 29.8 Å². The fourth-order valence-corrected chi connectivity index (χ4v) is 1.74. The van der Waals surface area contributed by atoms with Gasteiger partial charge in [-0.25, -0.2) is 0 Å². The molecule has 1 aromatic carbocycles. The van der Waals surface area contributed by atoms with Gasteiger partial charge in [0.2, 0.25) is 0 Å². The van der Waals surface area contributed by atoms with E-state index in [1.165, 1.54) is 10.5 Å². The summed E-state index contributed by atoms with van der Waals surface area (Å²) >= 11 is 1.72. The summed E-state index contributed by atoms with van der Waals surface area (Å²) in [4.78, 5) is 1.37. The van der Waals surface area contributed by atoms with Crippen molar-refractivity contribution in [2.45, 2.75) is 11.4 Å². The average molecular weight is 161 g/mol. The van der Waals surface area contributed by atoms with E-state index < -0.39 is 0 Å². The van der Waals surface area contributed by atoms with E-state index >= 15 is 0 Å². The van der Waals surface area contributed by atoms with E-state index in [0.717, 1.165) is 6.54 Å². The van der Waals surface area contributed by atoms with Crippen LogP contribution in [0.1, 0.15) is 5.56 Å². The van der Waals surface area contributed by atoms with E-state index in [1.54, 1.807) is 11.9 Å². The first-order chi connectivity index (χ1) is 4.47. The molecule has 0 atom stereocenters. The molecule has 0 aromatic heterocycles. The molecule has 48 valence electrons. The van der Waals surface area contributed by atoms with Gasteiger partial charge >= 0.3 is 29.6 Å². The average Bonchev–Trinajstić information content (AvgIpc) is 2.33. The smallest absolute Gasteiger partial charge is 0.0324 e. The molecule has 1 aromatic rings. The molecule has 1 aliphatic rings. The Balaban J connectivity index is 0.000000500. The van der Waals surface area contributed by atoms with Gasteiger partial charge in [-0.05, 0) is 23.6 Å². The molecule has 10 heavy (non-hydrogen) atoms. The third-order valence-corrected chi connectivity index (χ3v) is 2.32. The molecule has 0 amide bonds. The van der Waals surface area contributed by atoms with Crippen LogP contribution in [0.25, 0.3) is 0 Å². The molecule has 0 fully saturated rings. The van der Waals surface area contributed by atoms with Gasteiger partial charge in [0.1, 0.15) is 0 Å². The minimum Gasteiger partial charge on any atom is -0.255 e. The summed E-state index contributed by atoms with van der Waals surface area (Å²) in [5.74, 6) is 0. The van der Waals surface area contributed by atoms with Gasteiger partial charge in [-0.3, -0.25) is 4.72 Å². The SMILES string of the molecule is [NaH].c1ccc2c(c1)CNS2. The van der Waals surface area contributed by atoms with E-state index in [-0.39, 0.29) is 29.6 Å². The van der Waals surface area contributed by atoms with E-state index in [4.69, 9.17) is 0 Å². The first kappa shape index (κ1) is 8.62. The van der Waals surface area contributed by atoms with Crippen LogP contribution in [0, 0.1) is 0 Å². The maximum atomic E-state index is 3.20. The summed E-state index contributed by atoms with van der Waals surface area (Å²) in [6.45, 7) is 1.01. The second kappa shape index (κ2) is 3.79. The Morgan fingerprint density at radius 3 is 2.90 bits per heavy atom. The summed E-state index contributed by atoms with van der Waals surface area (Å²) in [7, 11) is 0. The molecule has 1 heterocycles. The standard InChI is InChI=1S/C7H7NS.Na.H/c1-2-4-7-6(3-1)5-8-9-7;;/h1-4,8H,5H2;;. The van der Waals surface area contributed by atoms with Crippen LogP contribution >= 0.6 is 11.9 Å². The molecule has 0 bridgehead atoms. The third-order valence-electron chi connectivity index (χ3n) is 1.42. The van der Waals surface area contributed by atoms with Crippen molar-refractivity contribution in [2.24, 2.45) is 0 Å². The minimum absolute atomic E-state index is 0. The number of hydrogen-bond acceptors (Lipinski definition) is 2. The molecule has 1 N–H and O–H groups in total. The fourth-order valence-electron chi connectivity index (χ4n) is 0.941. The van der Waals surface area contributed by atoms with Crippen molar-refractivity contribution >= 4 is 41.5 Å². The Hall–Kier alpha value is 0.530. The number of fused-ring (bicyclic) bond motifs is 1. The number of rotatable bonds is 0. The topological polar surface area (TPSA) is 12.0 Å². The number of nitrogens with one attached hydrogen (secondary N) is 1. The van der Waals surface area contributed by atoms with Crippen molar-refractivity contribution in [3.8, 4) is 0 Å². The summed E-state index contributed by atoms with van der Waals surface area (Å²) in [5.41, 5.74) is 1.42. The van der Waals surface area contributed by atoms with E-state index in [2.05, 4.69) is 29.0 Å². The Morgan fingerprint density at radius 2 is 2.10 bits per heavy atom. The zero-order valence-electron chi connectivity index (χ0n) is 4.92. The van der Waals surface area contributed by atoms with Crippen molar-refractivity contribution in [3.63, 3.8) is 0 Å². The number of benzene rings is 1. The molecule has 2 rings (SSSR count). The first-order valence-electron chi connectivity index (χ1n) is 2.94. The monoisotopic (exact) mass is 161 g/mol. The maximum absolute atomic E-state index is 3.20. The third kappa shape index (κ3) is 1.57. The van der Waals surface area contributed by atoms with Crippen molar-refractivity contribution in [1.29, 1.82) is 0 Å². The summed E-state index contributed by atoms with van der Waals surface area (Å²) in [6.07, 6.45) is 0. The largest absolute Gasteiger partial charge is 0.255 e. The van der Waals surface area contributed by atoms with Crippen LogP contribution in [0.2, 0.25) is 0 Å². The molecule has 0 saturated carbocycles. The molecule has 0 spiro atoms. The molecular weight excluding hydrogens is 153 g/mol. The van der Waals surface area contributed by atoms with Gasteiger partial charge in [0.25, 0.3) is 0 Å². The van der Waals surface area contributed by atoms with Crippen molar-refractivity contribution in [2.75, 3.05) is 0 Å². The van der Waals surface area contributed by atoms with Crippen molar-refractivity contribution in [1.82, 2.24) is 4.72 Å². The molecule has 0 saturated heterocycles. The van der Waals surface area contributed by atoms with Gasteiger partial charge in [-0.1, -0.05) is 18.2 Å². The van der Waals surface area contributed by atoms with Crippen molar-refractivity contribution < 1.29 is 0 Å². The van der Waals surface area contributed by atoms with Crippen LogP contribution in [-0.2, 0) is 6.54 Å².